The fourth-order valence-corrected chi connectivity index (χ4v) is 2.04. The van der Waals surface area contributed by atoms with E-state index in [0.717, 1.165) is 22.6 Å². The Labute approximate surface area is 108 Å². The third-order valence-corrected chi connectivity index (χ3v) is 3.08. The molecule has 0 aliphatic heterocycles. The molecule has 0 saturated heterocycles. The molecule has 0 aliphatic rings. The van der Waals surface area contributed by atoms with E-state index in [4.69, 9.17) is 9.52 Å². The van der Waals surface area contributed by atoms with Gasteiger partial charge in [-0.05, 0) is 12.1 Å². The Balaban J connectivity index is 2.07. The van der Waals surface area contributed by atoms with Gasteiger partial charge in [0.2, 0.25) is 0 Å². The minimum atomic E-state index is -0.377. The van der Waals surface area contributed by atoms with Crippen LogP contribution in [-0.2, 0) is 13.5 Å². The van der Waals surface area contributed by atoms with Crippen molar-refractivity contribution < 1.29 is 9.52 Å². The van der Waals surface area contributed by atoms with Crippen LogP contribution in [0.3, 0.4) is 0 Å². The van der Waals surface area contributed by atoms with Crippen molar-refractivity contribution in [1.29, 1.82) is 0 Å². The molecule has 0 unspecified atom stereocenters. The molecule has 0 radical (unpaired) electrons. The number of H-pyrrole nitrogens is 1. The molecule has 0 amide bonds. The summed E-state index contributed by atoms with van der Waals surface area (Å²) in [6.45, 7) is 0.0551. The van der Waals surface area contributed by atoms with E-state index < -0.39 is 0 Å². The summed E-state index contributed by atoms with van der Waals surface area (Å²) >= 11 is 0. The lowest BCUT2D eigenvalue weighted by atomic mass is 10.1. The van der Waals surface area contributed by atoms with Gasteiger partial charge >= 0.3 is 5.76 Å². The number of nitrogens with zero attached hydrogens (tertiary/aromatic N) is 2. The van der Waals surface area contributed by atoms with Crippen molar-refractivity contribution in [1.82, 2.24) is 14.5 Å². The average Bonchev–Trinajstić information content (AvgIpc) is 2.96. The Morgan fingerprint density at radius 3 is 3.11 bits per heavy atom. The topological polar surface area (TPSA) is 84.1 Å². The first-order chi connectivity index (χ1) is 9.19. The van der Waals surface area contributed by atoms with E-state index >= 15 is 0 Å². The summed E-state index contributed by atoms with van der Waals surface area (Å²) in [6, 6.07) is 5.53. The highest BCUT2D eigenvalue weighted by atomic mass is 16.4. The van der Waals surface area contributed by atoms with Crippen molar-refractivity contribution in [3.63, 3.8) is 0 Å². The number of nitrogens with one attached hydrogen (secondary N) is 1. The number of imidazole rings is 1. The molecule has 19 heavy (non-hydrogen) atoms. The van der Waals surface area contributed by atoms with Crippen molar-refractivity contribution in [2.75, 3.05) is 6.61 Å². The van der Waals surface area contributed by atoms with Gasteiger partial charge in [0.25, 0.3) is 0 Å². The zero-order chi connectivity index (χ0) is 13.4. The van der Waals surface area contributed by atoms with Crippen molar-refractivity contribution in [2.45, 2.75) is 6.42 Å². The van der Waals surface area contributed by atoms with E-state index in [1.54, 1.807) is 19.3 Å². The third-order valence-electron chi connectivity index (χ3n) is 3.08. The van der Waals surface area contributed by atoms with Crippen LogP contribution in [0.5, 0.6) is 0 Å². The summed E-state index contributed by atoms with van der Waals surface area (Å²) in [7, 11) is 1.67. The lowest BCUT2D eigenvalue weighted by Crippen LogP contribution is -2.08. The lowest BCUT2D eigenvalue weighted by Gasteiger charge is -1.98. The van der Waals surface area contributed by atoms with Gasteiger partial charge in [-0.3, -0.25) is 4.57 Å². The third kappa shape index (κ3) is 1.96. The van der Waals surface area contributed by atoms with Crippen molar-refractivity contribution in [2.24, 2.45) is 7.05 Å². The highest BCUT2D eigenvalue weighted by Gasteiger charge is 2.09. The number of aryl methyl sites for hydroxylation is 1. The van der Waals surface area contributed by atoms with Gasteiger partial charge in [0.15, 0.2) is 5.58 Å². The van der Waals surface area contributed by atoms with Gasteiger partial charge in [0, 0.05) is 19.0 Å². The van der Waals surface area contributed by atoms with Crippen LogP contribution in [0.1, 0.15) is 5.82 Å². The van der Waals surface area contributed by atoms with Crippen molar-refractivity contribution >= 4 is 11.1 Å². The minimum Gasteiger partial charge on any atom is -0.408 e. The van der Waals surface area contributed by atoms with Crippen LogP contribution in [0.15, 0.2) is 33.6 Å². The molecule has 0 saturated carbocycles. The number of benzene rings is 1. The number of fused-ring (bicyclic) bond motifs is 1. The second-order valence-corrected chi connectivity index (χ2v) is 4.33. The molecule has 0 atom stereocenters. The minimum absolute atomic E-state index is 0.0551. The summed E-state index contributed by atoms with van der Waals surface area (Å²) < 4.78 is 6.61. The zero-order valence-corrected chi connectivity index (χ0v) is 10.4. The van der Waals surface area contributed by atoms with Crippen LogP contribution in [0, 0.1) is 0 Å². The first-order valence-electron chi connectivity index (χ1n) is 5.94. The maximum absolute atomic E-state index is 11.4. The van der Waals surface area contributed by atoms with E-state index in [1.165, 1.54) is 4.57 Å². The molecule has 0 fully saturated rings. The van der Waals surface area contributed by atoms with Crippen molar-refractivity contribution in [3.8, 4) is 11.3 Å². The fraction of sp³-hybridized carbons (Fsp3) is 0.231. The van der Waals surface area contributed by atoms with Gasteiger partial charge in [0.1, 0.15) is 5.82 Å². The second-order valence-electron chi connectivity index (χ2n) is 4.33. The number of aliphatic hydroxyl groups excluding tert-OH is 1. The SMILES string of the molecule is Cn1c(=O)oc2cc(-c3cnc(CCO)[nH]3)ccc21. The molecule has 2 heterocycles. The van der Waals surface area contributed by atoms with Gasteiger partial charge in [-0.2, -0.15) is 0 Å². The number of aliphatic hydroxyl groups is 1. The standard InChI is InChI=1S/C13H13N3O3/c1-16-10-3-2-8(6-11(10)19-13(16)18)9-7-14-12(15-9)4-5-17/h2-3,6-7,17H,4-5H2,1H3,(H,14,15). The van der Waals surface area contributed by atoms with Crippen LogP contribution >= 0.6 is 0 Å². The molecule has 6 nitrogen and oxygen atoms in total. The smallest absolute Gasteiger partial charge is 0.408 e. The average molecular weight is 259 g/mol. The largest absolute Gasteiger partial charge is 0.419 e. The molecule has 98 valence electrons. The summed E-state index contributed by atoms with van der Waals surface area (Å²) in [5, 5.41) is 8.86. The van der Waals surface area contributed by atoms with E-state index in [2.05, 4.69) is 9.97 Å². The molecule has 2 aromatic heterocycles. The molecule has 3 aromatic rings. The van der Waals surface area contributed by atoms with Crippen LogP contribution < -0.4 is 5.76 Å². The zero-order valence-electron chi connectivity index (χ0n) is 10.4. The van der Waals surface area contributed by atoms with Gasteiger partial charge in [-0.15, -0.1) is 0 Å². The number of aromatic nitrogens is 3. The van der Waals surface area contributed by atoms with Gasteiger partial charge in [-0.25, -0.2) is 9.78 Å². The fourth-order valence-electron chi connectivity index (χ4n) is 2.04. The first-order valence-corrected chi connectivity index (χ1v) is 5.94. The predicted octanol–water partition coefficient (Wildman–Crippen LogP) is 1.06. The molecule has 0 bridgehead atoms. The van der Waals surface area contributed by atoms with E-state index in [0.29, 0.717) is 12.0 Å². The van der Waals surface area contributed by atoms with E-state index in [9.17, 15) is 4.79 Å². The van der Waals surface area contributed by atoms with E-state index in [1.807, 2.05) is 12.1 Å². The summed E-state index contributed by atoms with van der Waals surface area (Å²) in [5.41, 5.74) is 3.02. The Kier molecular flexibility index (Phi) is 2.72. The lowest BCUT2D eigenvalue weighted by molar-refractivity contribution is 0.297. The van der Waals surface area contributed by atoms with Gasteiger partial charge < -0.3 is 14.5 Å². The maximum atomic E-state index is 11.4. The Morgan fingerprint density at radius 1 is 1.47 bits per heavy atom. The number of rotatable bonds is 3. The molecule has 0 aliphatic carbocycles. The number of aromatic amines is 1. The molecular formula is C13H13N3O3. The van der Waals surface area contributed by atoms with Crippen LogP contribution in [0.25, 0.3) is 22.4 Å². The number of hydrogen-bond acceptors (Lipinski definition) is 4. The van der Waals surface area contributed by atoms with Crippen LogP contribution in [0.4, 0.5) is 0 Å². The Bertz CT molecular complexity index is 782. The molecular weight excluding hydrogens is 246 g/mol. The van der Waals surface area contributed by atoms with Crippen LogP contribution in [-0.4, -0.2) is 26.2 Å². The highest BCUT2D eigenvalue weighted by Crippen LogP contribution is 2.22. The van der Waals surface area contributed by atoms with Crippen molar-refractivity contribution in [3.05, 3.63) is 40.8 Å². The second kappa shape index (κ2) is 4.40. The molecule has 1 aromatic carbocycles. The maximum Gasteiger partial charge on any atom is 0.419 e. The molecule has 2 N–H and O–H groups in total. The quantitative estimate of drug-likeness (QED) is 0.736. The number of oxazole rings is 1. The van der Waals surface area contributed by atoms with Gasteiger partial charge in [0.05, 0.1) is 24.0 Å². The Hall–Kier alpha value is -2.34. The summed E-state index contributed by atoms with van der Waals surface area (Å²) in [4.78, 5) is 18.7. The summed E-state index contributed by atoms with van der Waals surface area (Å²) in [6.07, 6.45) is 2.19. The molecule has 0 spiro atoms. The summed E-state index contributed by atoms with van der Waals surface area (Å²) in [5.74, 6) is 0.352. The molecule has 6 heteroatoms. The van der Waals surface area contributed by atoms with E-state index in [-0.39, 0.29) is 12.4 Å². The first kappa shape index (κ1) is 11.7. The monoisotopic (exact) mass is 259 g/mol. The highest BCUT2D eigenvalue weighted by molar-refractivity contribution is 5.79. The molecule has 3 rings (SSSR count). The number of hydrogen-bond donors (Lipinski definition) is 2. The predicted molar refractivity (Wildman–Crippen MR) is 69.8 cm³/mol. The van der Waals surface area contributed by atoms with Gasteiger partial charge in [-0.1, -0.05) is 6.07 Å². The van der Waals surface area contributed by atoms with Crippen LogP contribution in [0.2, 0.25) is 0 Å². The Morgan fingerprint density at radius 2 is 2.32 bits per heavy atom. The normalized spacial score (nSPS) is 11.3.